The summed E-state index contributed by atoms with van der Waals surface area (Å²) < 4.78 is 0. The van der Waals surface area contributed by atoms with Crippen molar-refractivity contribution in [2.45, 2.75) is 31.7 Å². The number of amides is 1. The van der Waals surface area contributed by atoms with E-state index in [1.165, 1.54) is 0 Å². The van der Waals surface area contributed by atoms with Crippen molar-refractivity contribution in [2.24, 2.45) is 5.92 Å². The molecule has 1 fully saturated rings. The highest BCUT2D eigenvalue weighted by Gasteiger charge is 2.30. The molecule has 1 aromatic heterocycles. The van der Waals surface area contributed by atoms with E-state index in [0.717, 1.165) is 6.07 Å². The monoisotopic (exact) mass is 281 g/mol. The van der Waals surface area contributed by atoms with Gasteiger partial charge in [0.05, 0.1) is 12.3 Å². The summed E-state index contributed by atoms with van der Waals surface area (Å²) in [4.78, 5) is 49.1. The number of hydrogen-bond donors (Lipinski definition) is 4. The van der Waals surface area contributed by atoms with Crippen molar-refractivity contribution in [2.75, 3.05) is 0 Å². The fraction of sp³-hybridized carbons (Fsp3) is 0.500. The van der Waals surface area contributed by atoms with Gasteiger partial charge in [0.2, 0.25) is 5.91 Å². The molecule has 1 saturated carbocycles. The van der Waals surface area contributed by atoms with Crippen LogP contribution in [0.3, 0.4) is 0 Å². The van der Waals surface area contributed by atoms with Crippen LogP contribution in [0, 0.1) is 5.92 Å². The molecular formula is C12H15N3O5. The maximum atomic E-state index is 11.8. The van der Waals surface area contributed by atoms with Crippen LogP contribution in [0.15, 0.2) is 15.7 Å². The molecule has 0 saturated heterocycles. The van der Waals surface area contributed by atoms with Gasteiger partial charge in [0.1, 0.15) is 0 Å². The maximum absolute atomic E-state index is 11.8. The van der Waals surface area contributed by atoms with Crippen molar-refractivity contribution in [1.29, 1.82) is 0 Å². The Morgan fingerprint density at radius 2 is 2.05 bits per heavy atom. The summed E-state index contributed by atoms with van der Waals surface area (Å²) in [7, 11) is 0. The predicted molar refractivity (Wildman–Crippen MR) is 68.3 cm³/mol. The highest BCUT2D eigenvalue weighted by atomic mass is 16.4. The van der Waals surface area contributed by atoms with E-state index in [9.17, 15) is 19.2 Å². The van der Waals surface area contributed by atoms with E-state index in [1.54, 1.807) is 0 Å². The highest BCUT2D eigenvalue weighted by molar-refractivity contribution is 5.78. The third-order valence-electron chi connectivity index (χ3n) is 3.31. The number of nitrogens with one attached hydrogen (secondary N) is 3. The van der Waals surface area contributed by atoms with Gasteiger partial charge in [-0.2, -0.15) is 0 Å². The van der Waals surface area contributed by atoms with Gasteiger partial charge in [-0.05, 0) is 19.3 Å². The minimum Gasteiger partial charge on any atom is -0.481 e. The van der Waals surface area contributed by atoms with Gasteiger partial charge in [0.15, 0.2) is 0 Å². The average Bonchev–Trinajstić information content (AvgIpc) is 2.75. The number of carboxylic acid groups (broad SMARTS) is 1. The summed E-state index contributed by atoms with van der Waals surface area (Å²) in [5, 5.41) is 11.6. The number of carbonyl (C=O) groups is 2. The Kier molecular flexibility index (Phi) is 4.02. The Labute approximate surface area is 113 Å². The van der Waals surface area contributed by atoms with E-state index in [1.807, 2.05) is 4.98 Å². The van der Waals surface area contributed by atoms with Crippen LogP contribution in [-0.4, -0.2) is 33.0 Å². The summed E-state index contributed by atoms with van der Waals surface area (Å²) >= 11 is 0. The third-order valence-corrected chi connectivity index (χ3v) is 3.31. The molecule has 2 rings (SSSR count). The van der Waals surface area contributed by atoms with Gasteiger partial charge in [0, 0.05) is 17.8 Å². The first kappa shape index (κ1) is 14.0. The SMILES string of the molecule is O=C(Cc1cc(=O)[nH]c(=O)[nH]1)N[C@H]1CC[C@@H](C(=O)O)C1. The zero-order valence-corrected chi connectivity index (χ0v) is 10.6. The Balaban J connectivity index is 1.91. The Morgan fingerprint density at radius 3 is 2.65 bits per heavy atom. The molecule has 8 heteroatoms. The van der Waals surface area contributed by atoms with Crippen molar-refractivity contribution < 1.29 is 14.7 Å². The van der Waals surface area contributed by atoms with Crippen LogP contribution in [0.25, 0.3) is 0 Å². The van der Waals surface area contributed by atoms with E-state index >= 15 is 0 Å². The van der Waals surface area contributed by atoms with Crippen molar-refractivity contribution in [3.63, 3.8) is 0 Å². The minimum atomic E-state index is -0.847. The first-order valence-corrected chi connectivity index (χ1v) is 6.28. The average molecular weight is 281 g/mol. The van der Waals surface area contributed by atoms with Gasteiger partial charge in [-0.25, -0.2) is 4.79 Å². The number of hydrogen-bond acceptors (Lipinski definition) is 4. The van der Waals surface area contributed by atoms with Crippen LogP contribution in [0.5, 0.6) is 0 Å². The minimum absolute atomic E-state index is 0.118. The first-order chi connectivity index (χ1) is 9.44. The number of carboxylic acids is 1. The van der Waals surface area contributed by atoms with Crippen LogP contribution in [0.2, 0.25) is 0 Å². The zero-order valence-electron chi connectivity index (χ0n) is 10.6. The Morgan fingerprint density at radius 1 is 1.30 bits per heavy atom. The lowest BCUT2D eigenvalue weighted by Crippen LogP contribution is -2.35. The second-order valence-electron chi connectivity index (χ2n) is 4.90. The molecule has 20 heavy (non-hydrogen) atoms. The van der Waals surface area contributed by atoms with E-state index in [4.69, 9.17) is 5.11 Å². The number of rotatable bonds is 4. The summed E-state index contributed by atoms with van der Waals surface area (Å²) in [5.74, 6) is -1.61. The molecule has 0 aromatic carbocycles. The molecule has 1 aromatic rings. The van der Waals surface area contributed by atoms with Crippen LogP contribution >= 0.6 is 0 Å². The Hall–Kier alpha value is -2.38. The largest absolute Gasteiger partial charge is 0.481 e. The van der Waals surface area contributed by atoms with E-state index < -0.39 is 23.1 Å². The van der Waals surface area contributed by atoms with Crippen LogP contribution in [0.4, 0.5) is 0 Å². The van der Waals surface area contributed by atoms with E-state index in [2.05, 4.69) is 10.3 Å². The molecule has 1 aliphatic carbocycles. The standard InChI is InChI=1S/C12H15N3O5/c16-9(4-8-5-10(17)15-12(20)14-8)13-7-2-1-6(3-7)11(18)19/h5-7H,1-4H2,(H,13,16)(H,18,19)(H2,14,15,17,20)/t6-,7+/m1/s1. The normalized spacial score (nSPS) is 21.6. The topological polar surface area (TPSA) is 132 Å². The van der Waals surface area contributed by atoms with Crippen molar-refractivity contribution in [3.8, 4) is 0 Å². The van der Waals surface area contributed by atoms with Gasteiger partial charge in [-0.3, -0.25) is 19.4 Å². The van der Waals surface area contributed by atoms with Crippen molar-refractivity contribution >= 4 is 11.9 Å². The lowest BCUT2D eigenvalue weighted by Gasteiger charge is -2.12. The maximum Gasteiger partial charge on any atom is 0.325 e. The van der Waals surface area contributed by atoms with Crippen LogP contribution in [-0.2, 0) is 16.0 Å². The number of carbonyl (C=O) groups excluding carboxylic acids is 1. The molecule has 8 nitrogen and oxygen atoms in total. The van der Waals surface area contributed by atoms with E-state index in [0.29, 0.717) is 19.3 Å². The summed E-state index contributed by atoms with van der Waals surface area (Å²) in [6, 6.07) is 0.979. The molecule has 108 valence electrons. The molecule has 0 aliphatic heterocycles. The number of aromatic nitrogens is 2. The second-order valence-corrected chi connectivity index (χ2v) is 4.90. The van der Waals surface area contributed by atoms with Crippen LogP contribution < -0.4 is 16.6 Å². The van der Waals surface area contributed by atoms with Crippen molar-refractivity contribution in [1.82, 2.24) is 15.3 Å². The number of H-pyrrole nitrogens is 2. The third kappa shape index (κ3) is 3.56. The summed E-state index contributed by atoms with van der Waals surface area (Å²) in [6.07, 6.45) is 1.46. The molecule has 0 bridgehead atoms. The second kappa shape index (κ2) is 5.72. The molecule has 0 spiro atoms. The quantitative estimate of drug-likeness (QED) is 0.560. The van der Waals surface area contributed by atoms with Gasteiger partial charge < -0.3 is 15.4 Å². The summed E-state index contributed by atoms with van der Waals surface area (Å²) in [6.45, 7) is 0. The number of aliphatic carboxylic acids is 1. The summed E-state index contributed by atoms with van der Waals surface area (Å²) in [5.41, 5.74) is -1.00. The molecule has 1 aliphatic rings. The number of aromatic amines is 2. The smallest absolute Gasteiger partial charge is 0.325 e. The fourth-order valence-corrected chi connectivity index (χ4v) is 2.40. The molecule has 4 N–H and O–H groups in total. The molecule has 1 amide bonds. The highest BCUT2D eigenvalue weighted by Crippen LogP contribution is 2.25. The lowest BCUT2D eigenvalue weighted by atomic mass is 10.1. The molecule has 0 unspecified atom stereocenters. The molecular weight excluding hydrogens is 266 g/mol. The molecule has 0 radical (unpaired) electrons. The first-order valence-electron chi connectivity index (χ1n) is 6.28. The molecule has 2 atom stereocenters. The van der Waals surface area contributed by atoms with Crippen molar-refractivity contribution in [3.05, 3.63) is 32.6 Å². The Bertz CT molecular complexity index is 604. The lowest BCUT2D eigenvalue weighted by molar-refractivity contribution is -0.141. The fourth-order valence-electron chi connectivity index (χ4n) is 2.40. The van der Waals surface area contributed by atoms with E-state index in [-0.39, 0.29) is 24.1 Å². The van der Waals surface area contributed by atoms with Gasteiger partial charge >= 0.3 is 11.7 Å². The molecule has 1 heterocycles. The van der Waals surface area contributed by atoms with Crippen LogP contribution in [0.1, 0.15) is 25.0 Å². The predicted octanol–water partition coefficient (Wildman–Crippen LogP) is -1.02. The van der Waals surface area contributed by atoms with Gasteiger partial charge in [-0.1, -0.05) is 0 Å². The van der Waals surface area contributed by atoms with Gasteiger partial charge in [-0.15, -0.1) is 0 Å². The zero-order chi connectivity index (χ0) is 14.7. The van der Waals surface area contributed by atoms with Gasteiger partial charge in [0.25, 0.3) is 5.56 Å².